The fourth-order valence-corrected chi connectivity index (χ4v) is 2.15. The molecule has 4 heteroatoms. The van der Waals surface area contributed by atoms with Crippen LogP contribution in [0.25, 0.3) is 0 Å². The standard InChI is InChI=1S/C7H16O3Si/c1-5-6-7-11(8-2,9-3)10-4/h6-7H,5H2,1-4H3/b7-6-. The zero-order valence-electron chi connectivity index (χ0n) is 7.59. The van der Waals surface area contributed by atoms with Crippen LogP contribution < -0.4 is 0 Å². The molecule has 0 aliphatic rings. The largest absolute Gasteiger partial charge is 0.528 e. The van der Waals surface area contributed by atoms with E-state index in [1.807, 2.05) is 11.8 Å². The Morgan fingerprint density at radius 2 is 1.55 bits per heavy atom. The minimum atomic E-state index is -2.42. The van der Waals surface area contributed by atoms with Crippen LogP contribution >= 0.6 is 0 Å². The maximum absolute atomic E-state index is 5.15. The van der Waals surface area contributed by atoms with Gasteiger partial charge in [-0.25, -0.2) is 0 Å². The summed E-state index contributed by atoms with van der Waals surface area (Å²) < 4.78 is 15.4. The van der Waals surface area contributed by atoms with Gasteiger partial charge >= 0.3 is 8.80 Å². The maximum Gasteiger partial charge on any atom is 0.528 e. The van der Waals surface area contributed by atoms with Crippen molar-refractivity contribution in [2.75, 3.05) is 21.3 Å². The third-order valence-corrected chi connectivity index (χ3v) is 3.76. The Bertz CT molecular complexity index is 113. The van der Waals surface area contributed by atoms with Crippen molar-refractivity contribution in [1.29, 1.82) is 0 Å². The molecule has 11 heavy (non-hydrogen) atoms. The second-order valence-corrected chi connectivity index (χ2v) is 4.79. The molecule has 0 radical (unpaired) electrons. The van der Waals surface area contributed by atoms with E-state index in [1.54, 1.807) is 21.3 Å². The zero-order valence-corrected chi connectivity index (χ0v) is 8.59. The third kappa shape index (κ3) is 3.16. The van der Waals surface area contributed by atoms with Gasteiger partial charge in [0.05, 0.1) is 0 Å². The van der Waals surface area contributed by atoms with E-state index in [4.69, 9.17) is 13.3 Å². The van der Waals surface area contributed by atoms with E-state index in [2.05, 4.69) is 6.92 Å². The van der Waals surface area contributed by atoms with Gasteiger partial charge in [0.25, 0.3) is 0 Å². The lowest BCUT2D eigenvalue weighted by atomic mass is 10.5. The molecule has 0 atom stereocenters. The Labute approximate surface area is 69.3 Å². The third-order valence-electron chi connectivity index (χ3n) is 1.41. The molecular weight excluding hydrogens is 160 g/mol. The fourth-order valence-electron chi connectivity index (χ4n) is 0.716. The van der Waals surface area contributed by atoms with Crippen molar-refractivity contribution in [3.8, 4) is 0 Å². The van der Waals surface area contributed by atoms with E-state index >= 15 is 0 Å². The number of hydrogen-bond donors (Lipinski definition) is 0. The predicted molar refractivity (Wildman–Crippen MR) is 46.2 cm³/mol. The van der Waals surface area contributed by atoms with Crippen LogP contribution in [0, 0.1) is 0 Å². The van der Waals surface area contributed by atoms with Crippen molar-refractivity contribution in [1.82, 2.24) is 0 Å². The van der Waals surface area contributed by atoms with Gasteiger partial charge in [0.1, 0.15) is 0 Å². The predicted octanol–water partition coefficient (Wildman–Crippen LogP) is 1.37. The van der Waals surface area contributed by atoms with Crippen molar-refractivity contribution >= 4 is 8.80 Å². The first-order chi connectivity index (χ1) is 5.24. The van der Waals surface area contributed by atoms with E-state index in [0.717, 1.165) is 6.42 Å². The Morgan fingerprint density at radius 3 is 1.82 bits per heavy atom. The van der Waals surface area contributed by atoms with Gasteiger partial charge in [-0.15, -0.1) is 0 Å². The van der Waals surface area contributed by atoms with Crippen molar-refractivity contribution in [2.45, 2.75) is 13.3 Å². The van der Waals surface area contributed by atoms with Crippen LogP contribution in [0.1, 0.15) is 13.3 Å². The first-order valence-corrected chi connectivity index (χ1v) is 5.38. The Kier molecular flexibility index (Phi) is 5.40. The van der Waals surface area contributed by atoms with Crippen molar-refractivity contribution in [2.24, 2.45) is 0 Å². The van der Waals surface area contributed by atoms with Gasteiger partial charge in [-0.2, -0.15) is 0 Å². The lowest BCUT2D eigenvalue weighted by molar-refractivity contribution is 0.138. The quantitative estimate of drug-likeness (QED) is 0.592. The smallest absolute Gasteiger partial charge is 0.374 e. The highest BCUT2D eigenvalue weighted by Gasteiger charge is 2.33. The molecule has 0 saturated carbocycles. The molecule has 0 rings (SSSR count). The molecule has 66 valence electrons. The molecule has 0 aliphatic carbocycles. The fraction of sp³-hybridized carbons (Fsp3) is 0.714. The number of allylic oxidation sites excluding steroid dienone is 1. The Morgan fingerprint density at radius 1 is 1.09 bits per heavy atom. The SMILES string of the molecule is CC/C=C\[Si](OC)(OC)OC. The monoisotopic (exact) mass is 176 g/mol. The van der Waals surface area contributed by atoms with Crippen LogP contribution in [-0.2, 0) is 13.3 Å². The molecule has 0 saturated heterocycles. The highest BCUT2D eigenvalue weighted by molar-refractivity contribution is 6.66. The van der Waals surface area contributed by atoms with Crippen molar-refractivity contribution in [3.05, 3.63) is 11.8 Å². The van der Waals surface area contributed by atoms with E-state index in [0.29, 0.717) is 0 Å². The van der Waals surface area contributed by atoms with E-state index in [1.165, 1.54) is 0 Å². The minimum Gasteiger partial charge on any atom is -0.374 e. The summed E-state index contributed by atoms with van der Waals surface area (Å²) >= 11 is 0. The van der Waals surface area contributed by atoms with Crippen LogP contribution in [0.4, 0.5) is 0 Å². The molecule has 3 nitrogen and oxygen atoms in total. The van der Waals surface area contributed by atoms with Gasteiger partial charge in [0.15, 0.2) is 0 Å². The molecule has 0 aromatic rings. The highest BCUT2D eigenvalue weighted by atomic mass is 28.4. The molecule has 0 N–H and O–H groups in total. The van der Waals surface area contributed by atoms with Crippen molar-refractivity contribution in [3.63, 3.8) is 0 Å². The molecule has 0 aromatic heterocycles. The van der Waals surface area contributed by atoms with Gasteiger partial charge in [0, 0.05) is 21.3 Å². The van der Waals surface area contributed by atoms with Crippen LogP contribution in [0.15, 0.2) is 11.8 Å². The number of rotatable bonds is 5. The number of hydrogen-bond acceptors (Lipinski definition) is 3. The van der Waals surface area contributed by atoms with Gasteiger partial charge in [-0.3, -0.25) is 0 Å². The average Bonchev–Trinajstić information content (AvgIpc) is 2.08. The lowest BCUT2D eigenvalue weighted by Crippen LogP contribution is -2.40. The summed E-state index contributed by atoms with van der Waals surface area (Å²) in [7, 11) is 2.37. The Hall–Kier alpha value is -0.163. The first-order valence-electron chi connectivity index (χ1n) is 3.57. The topological polar surface area (TPSA) is 27.7 Å². The second kappa shape index (κ2) is 5.48. The van der Waals surface area contributed by atoms with Crippen molar-refractivity contribution < 1.29 is 13.3 Å². The highest BCUT2D eigenvalue weighted by Crippen LogP contribution is 2.07. The summed E-state index contributed by atoms with van der Waals surface area (Å²) in [5, 5.41) is 0. The van der Waals surface area contributed by atoms with Gasteiger partial charge in [-0.05, 0) is 12.1 Å². The summed E-state index contributed by atoms with van der Waals surface area (Å²) in [6.07, 6.45) is 2.95. The molecule has 0 unspecified atom stereocenters. The summed E-state index contributed by atoms with van der Waals surface area (Å²) in [6.45, 7) is 2.05. The van der Waals surface area contributed by atoms with Gasteiger partial charge in [-0.1, -0.05) is 13.0 Å². The molecule has 0 fully saturated rings. The van der Waals surface area contributed by atoms with Crippen LogP contribution in [0.5, 0.6) is 0 Å². The molecule has 0 bridgehead atoms. The molecular formula is C7H16O3Si. The summed E-state index contributed by atoms with van der Waals surface area (Å²) in [4.78, 5) is 0. The summed E-state index contributed by atoms with van der Waals surface area (Å²) in [6, 6.07) is 0. The van der Waals surface area contributed by atoms with E-state index in [-0.39, 0.29) is 0 Å². The maximum atomic E-state index is 5.15. The molecule has 0 spiro atoms. The normalized spacial score (nSPS) is 12.7. The molecule has 0 aromatic carbocycles. The summed E-state index contributed by atoms with van der Waals surface area (Å²) in [5.41, 5.74) is 1.88. The molecule has 0 aliphatic heterocycles. The summed E-state index contributed by atoms with van der Waals surface area (Å²) in [5.74, 6) is 0. The minimum absolute atomic E-state index is 0.963. The van der Waals surface area contributed by atoms with Crippen LogP contribution in [-0.4, -0.2) is 30.1 Å². The average molecular weight is 176 g/mol. The van der Waals surface area contributed by atoms with E-state index < -0.39 is 8.80 Å². The molecule has 0 amide bonds. The lowest BCUT2D eigenvalue weighted by Gasteiger charge is -2.20. The van der Waals surface area contributed by atoms with Gasteiger partial charge in [0.2, 0.25) is 0 Å². The zero-order chi connectivity index (χ0) is 8.74. The van der Waals surface area contributed by atoms with Gasteiger partial charge < -0.3 is 13.3 Å². The first kappa shape index (κ1) is 10.8. The van der Waals surface area contributed by atoms with Crippen LogP contribution in [0.3, 0.4) is 0 Å². The second-order valence-electron chi connectivity index (χ2n) is 2.03. The Balaban J connectivity index is 4.16. The van der Waals surface area contributed by atoms with E-state index in [9.17, 15) is 0 Å². The van der Waals surface area contributed by atoms with Crippen LogP contribution in [0.2, 0.25) is 0 Å². The molecule has 0 heterocycles.